The second-order valence-corrected chi connectivity index (χ2v) is 17.9. The highest BCUT2D eigenvalue weighted by atomic mass is 16.7. The Labute approximate surface area is 355 Å². The monoisotopic (exact) mass is 836 g/mol. The summed E-state index contributed by atoms with van der Waals surface area (Å²) in [6, 6.07) is 17.2. The van der Waals surface area contributed by atoms with Gasteiger partial charge in [-0.1, -0.05) is 45.0 Å². The number of aliphatic hydroxyl groups excluding tert-OH is 2. The molecule has 2 amide bonds. The van der Waals surface area contributed by atoms with Crippen molar-refractivity contribution < 1.29 is 49.0 Å². The summed E-state index contributed by atoms with van der Waals surface area (Å²) in [5, 5.41) is 48.5. The summed E-state index contributed by atoms with van der Waals surface area (Å²) in [6.45, 7) is 14.2. The van der Waals surface area contributed by atoms with Crippen molar-refractivity contribution in [1.82, 2.24) is 14.8 Å². The second kappa shape index (κ2) is 19.4. The molecule has 332 valence electrons. The van der Waals surface area contributed by atoms with E-state index in [1.165, 1.54) is 13.8 Å². The zero-order valence-corrected chi connectivity index (χ0v) is 37.1. The fourth-order valence-electron chi connectivity index (χ4n) is 9.15. The standard InChI is InChI=1S/C46H68N4O10/c1-12-37-46(8,56)40(52)31(6)48(9)26-27(2)25-45(7,55)41(29(4)38(51)30(5)42(53)59-37)60-43-39(58-34-20-21-35-32(24-34)17-16-22-47-35)36(23-28(3)57-43)50(11)44(54)49(10)33-18-14-13-15-19-33/h13-22,24,27-31,36-41,43,51-52,55-56H,12,23,25-26H2,1-11H3/t27-,28-,29+,30-,31-,36+,37-,38+,39-,40-,41-,43+,45-,46-/m1/s1. The summed E-state index contributed by atoms with van der Waals surface area (Å²) >= 11 is 0. The number of pyridine rings is 1. The maximum absolute atomic E-state index is 14.2. The van der Waals surface area contributed by atoms with Crippen molar-refractivity contribution in [2.45, 2.75) is 141 Å². The molecule has 0 spiro atoms. The fourth-order valence-corrected chi connectivity index (χ4v) is 9.15. The van der Waals surface area contributed by atoms with Gasteiger partial charge in [-0.15, -0.1) is 0 Å². The first-order valence-corrected chi connectivity index (χ1v) is 21.3. The highest BCUT2D eigenvalue weighted by Crippen LogP contribution is 2.38. The molecule has 0 saturated carbocycles. The summed E-state index contributed by atoms with van der Waals surface area (Å²) in [5.41, 5.74) is -1.95. The van der Waals surface area contributed by atoms with Gasteiger partial charge in [-0.25, -0.2) is 4.79 Å². The van der Waals surface area contributed by atoms with Crippen molar-refractivity contribution >= 4 is 28.6 Å². The summed E-state index contributed by atoms with van der Waals surface area (Å²) in [6.07, 6.45) is -4.95. The molecule has 2 fully saturated rings. The number of benzene rings is 2. The number of rotatable bonds is 7. The molecule has 14 nitrogen and oxygen atoms in total. The van der Waals surface area contributed by atoms with Crippen molar-refractivity contribution in [2.24, 2.45) is 17.8 Å². The largest absolute Gasteiger partial charge is 0.483 e. The first kappa shape index (κ1) is 47.2. The summed E-state index contributed by atoms with van der Waals surface area (Å²) in [4.78, 5) is 37.6. The van der Waals surface area contributed by atoms with Gasteiger partial charge in [0, 0.05) is 49.9 Å². The van der Waals surface area contributed by atoms with Crippen LogP contribution in [0.4, 0.5) is 10.5 Å². The van der Waals surface area contributed by atoms with E-state index in [9.17, 15) is 30.0 Å². The molecule has 3 heterocycles. The van der Waals surface area contributed by atoms with E-state index < -0.39 is 84.0 Å². The maximum atomic E-state index is 14.2. The van der Waals surface area contributed by atoms with E-state index in [1.54, 1.807) is 63.9 Å². The van der Waals surface area contributed by atoms with Gasteiger partial charge in [0.25, 0.3) is 0 Å². The molecule has 4 N–H and O–H groups in total. The minimum Gasteiger partial charge on any atom is -0.483 e. The molecule has 14 atom stereocenters. The normalized spacial score (nSPS) is 36.4. The average molecular weight is 837 g/mol. The van der Waals surface area contributed by atoms with Crippen LogP contribution in [-0.2, 0) is 19.0 Å². The molecular formula is C46H68N4O10. The minimum absolute atomic E-state index is 0.183. The topological polar surface area (TPSA) is 175 Å². The molecule has 0 bridgehead atoms. The number of amides is 2. The molecule has 3 aromatic rings. The van der Waals surface area contributed by atoms with E-state index >= 15 is 0 Å². The number of aliphatic hydroxyl groups is 4. The van der Waals surface area contributed by atoms with Crippen LogP contribution in [0.1, 0.15) is 74.7 Å². The van der Waals surface area contributed by atoms with E-state index in [1.807, 2.05) is 80.4 Å². The Hall–Kier alpha value is -3.89. The molecule has 0 radical (unpaired) electrons. The van der Waals surface area contributed by atoms with Gasteiger partial charge in [-0.3, -0.25) is 14.7 Å². The van der Waals surface area contributed by atoms with Gasteiger partial charge in [-0.2, -0.15) is 0 Å². The number of anilines is 1. The first-order chi connectivity index (χ1) is 28.2. The fraction of sp³-hybridized carbons (Fsp3) is 0.630. The lowest BCUT2D eigenvalue weighted by Gasteiger charge is -2.48. The molecule has 5 rings (SSSR count). The minimum atomic E-state index is -1.80. The molecular weight excluding hydrogens is 769 g/mol. The van der Waals surface area contributed by atoms with Gasteiger partial charge in [-0.05, 0) is 103 Å². The smallest absolute Gasteiger partial charge is 0.324 e. The molecule has 2 aliphatic heterocycles. The number of likely N-dealkylation sites (N-methyl/N-ethyl adjacent to an activating group) is 2. The van der Waals surface area contributed by atoms with E-state index in [-0.39, 0.29) is 24.8 Å². The van der Waals surface area contributed by atoms with Gasteiger partial charge >= 0.3 is 12.0 Å². The van der Waals surface area contributed by atoms with E-state index in [0.29, 0.717) is 24.4 Å². The Balaban J connectivity index is 1.56. The Morgan fingerprint density at radius 2 is 1.68 bits per heavy atom. The van der Waals surface area contributed by atoms with Crippen molar-refractivity contribution in [3.8, 4) is 5.75 Å². The molecule has 0 unspecified atom stereocenters. The predicted octanol–water partition coefficient (Wildman–Crippen LogP) is 5.24. The van der Waals surface area contributed by atoms with E-state index in [0.717, 1.165) is 10.9 Å². The van der Waals surface area contributed by atoms with Crippen LogP contribution < -0.4 is 9.64 Å². The maximum Gasteiger partial charge on any atom is 0.324 e. The molecule has 2 saturated heterocycles. The quantitative estimate of drug-likeness (QED) is 0.229. The molecule has 2 aliphatic rings. The number of carbonyl (C=O) groups is 2. The third-order valence-corrected chi connectivity index (χ3v) is 12.9. The van der Waals surface area contributed by atoms with Crippen LogP contribution in [0.2, 0.25) is 0 Å². The molecule has 14 heteroatoms. The number of fused-ring (bicyclic) bond motifs is 1. The highest BCUT2D eigenvalue weighted by Gasteiger charge is 2.51. The van der Waals surface area contributed by atoms with Gasteiger partial charge in [0.05, 0.1) is 41.4 Å². The van der Waals surface area contributed by atoms with Crippen molar-refractivity contribution in [1.29, 1.82) is 0 Å². The molecule has 60 heavy (non-hydrogen) atoms. The number of hydrogen-bond donors (Lipinski definition) is 4. The van der Waals surface area contributed by atoms with Crippen LogP contribution in [0.25, 0.3) is 10.9 Å². The van der Waals surface area contributed by atoms with Crippen LogP contribution in [0.3, 0.4) is 0 Å². The predicted molar refractivity (Wildman–Crippen MR) is 229 cm³/mol. The van der Waals surface area contributed by atoms with E-state index in [2.05, 4.69) is 4.98 Å². The lowest BCUT2D eigenvalue weighted by Crippen LogP contribution is -2.62. The number of aromatic nitrogens is 1. The van der Waals surface area contributed by atoms with Gasteiger partial charge < -0.3 is 49.2 Å². The number of carbonyl (C=O) groups excluding carboxylic acids is 2. The summed E-state index contributed by atoms with van der Waals surface area (Å²) in [7, 11) is 5.27. The van der Waals surface area contributed by atoms with Crippen LogP contribution in [0.5, 0.6) is 5.75 Å². The third kappa shape index (κ3) is 10.4. The van der Waals surface area contributed by atoms with Crippen molar-refractivity contribution in [2.75, 3.05) is 32.6 Å². The zero-order chi connectivity index (χ0) is 44.3. The van der Waals surface area contributed by atoms with Gasteiger partial charge in [0.2, 0.25) is 0 Å². The van der Waals surface area contributed by atoms with Gasteiger partial charge in [0.15, 0.2) is 12.4 Å². The number of para-hydroxylation sites is 1. The Kier molecular flexibility index (Phi) is 15.3. The lowest BCUT2D eigenvalue weighted by molar-refractivity contribution is -0.293. The molecule has 0 aliphatic carbocycles. The Morgan fingerprint density at radius 1 is 1.00 bits per heavy atom. The summed E-state index contributed by atoms with van der Waals surface area (Å²) < 4.78 is 26.2. The van der Waals surface area contributed by atoms with Crippen LogP contribution in [0, 0.1) is 17.8 Å². The number of nitrogens with zero attached hydrogens (tertiary/aromatic N) is 4. The number of esters is 1. The van der Waals surface area contributed by atoms with Crippen LogP contribution in [-0.4, -0.2) is 141 Å². The second-order valence-electron chi connectivity index (χ2n) is 17.9. The Morgan fingerprint density at radius 3 is 2.35 bits per heavy atom. The molecule has 1 aromatic heterocycles. The summed E-state index contributed by atoms with van der Waals surface area (Å²) in [5.74, 6) is -2.48. The first-order valence-electron chi connectivity index (χ1n) is 21.3. The highest BCUT2D eigenvalue weighted by molar-refractivity contribution is 5.91. The molecule has 2 aromatic carbocycles. The van der Waals surface area contributed by atoms with Crippen molar-refractivity contribution in [3.05, 3.63) is 66.9 Å². The SMILES string of the molecule is CC[C@H]1OC(=O)[C@H](C)[C@@H](O)[C@H](C)[C@@H](O[C@@H]2O[C@H](C)C[C@H](N(C)C(=O)N(C)c3ccccc3)[C@H]2Oc2ccc3ncccc3c2)[C@](C)(O)C[C@@H](C)CN(C)[C@H](C)[C@@H](O)[C@]1(C)O. The third-order valence-electron chi connectivity index (χ3n) is 12.9. The number of hydrogen-bond acceptors (Lipinski definition) is 12. The van der Waals surface area contributed by atoms with Crippen LogP contribution in [0.15, 0.2) is 66.9 Å². The number of urea groups is 1. The van der Waals surface area contributed by atoms with Crippen LogP contribution >= 0.6 is 0 Å². The Bertz CT molecular complexity index is 1880. The number of cyclic esters (lactones) is 1. The average Bonchev–Trinajstić information content (AvgIpc) is 3.22. The van der Waals surface area contributed by atoms with Crippen molar-refractivity contribution in [3.63, 3.8) is 0 Å². The lowest BCUT2D eigenvalue weighted by atomic mass is 9.78. The zero-order valence-electron chi connectivity index (χ0n) is 37.1. The van der Waals surface area contributed by atoms with Gasteiger partial charge in [0.1, 0.15) is 23.6 Å². The van der Waals surface area contributed by atoms with E-state index in [4.69, 9.17) is 18.9 Å². The number of ether oxygens (including phenoxy) is 4.